The second-order valence-corrected chi connectivity index (χ2v) is 8.46. The molecule has 148 valence electrons. The van der Waals surface area contributed by atoms with E-state index in [2.05, 4.69) is 10.3 Å². The summed E-state index contributed by atoms with van der Waals surface area (Å²) in [4.78, 5) is 39.4. The SMILES string of the molecule is CC(CCC(=O)N[C@H]1CCCN(S(=O)(=O)c2ccccn2)CC1=O)C(N)=O. The zero-order valence-electron chi connectivity index (χ0n) is 15.1. The van der Waals surface area contributed by atoms with Gasteiger partial charge in [0.05, 0.1) is 12.6 Å². The highest BCUT2D eigenvalue weighted by Crippen LogP contribution is 2.18. The number of rotatable bonds is 7. The average Bonchev–Trinajstić information content (AvgIpc) is 2.82. The number of nitrogens with two attached hydrogens (primary N) is 1. The molecule has 0 saturated carbocycles. The Morgan fingerprint density at radius 1 is 1.41 bits per heavy atom. The molecule has 1 saturated heterocycles. The third kappa shape index (κ3) is 5.57. The van der Waals surface area contributed by atoms with Gasteiger partial charge in [-0.15, -0.1) is 0 Å². The van der Waals surface area contributed by atoms with Gasteiger partial charge in [-0.3, -0.25) is 14.4 Å². The van der Waals surface area contributed by atoms with Gasteiger partial charge in [0.25, 0.3) is 10.0 Å². The number of sulfonamides is 1. The Balaban J connectivity index is 1.98. The van der Waals surface area contributed by atoms with Gasteiger partial charge in [0.2, 0.25) is 11.8 Å². The van der Waals surface area contributed by atoms with Crippen molar-refractivity contribution in [3.8, 4) is 0 Å². The largest absolute Gasteiger partial charge is 0.369 e. The van der Waals surface area contributed by atoms with Crippen molar-refractivity contribution in [2.45, 2.75) is 43.7 Å². The summed E-state index contributed by atoms with van der Waals surface area (Å²) in [5.41, 5.74) is 5.16. The fourth-order valence-electron chi connectivity index (χ4n) is 2.74. The van der Waals surface area contributed by atoms with Crippen LogP contribution >= 0.6 is 0 Å². The highest BCUT2D eigenvalue weighted by atomic mass is 32.2. The zero-order chi connectivity index (χ0) is 20.0. The standard InChI is InChI=1S/C17H24N4O5S/c1-12(17(18)24)7-8-15(23)20-13-5-4-10-21(11-14(13)22)27(25,26)16-6-2-3-9-19-16/h2-3,6,9,12-13H,4-5,7-8,10-11H2,1H3,(H2,18,24)(H,20,23)/t12?,13-/m0/s1. The molecule has 0 bridgehead atoms. The van der Waals surface area contributed by atoms with Crippen molar-refractivity contribution in [2.24, 2.45) is 11.7 Å². The van der Waals surface area contributed by atoms with Gasteiger partial charge in [0, 0.05) is 25.1 Å². The fraction of sp³-hybridized carbons (Fsp3) is 0.529. The molecule has 1 aromatic heterocycles. The monoisotopic (exact) mass is 396 g/mol. The van der Waals surface area contributed by atoms with Crippen molar-refractivity contribution >= 4 is 27.6 Å². The van der Waals surface area contributed by atoms with Gasteiger partial charge in [-0.1, -0.05) is 13.0 Å². The topological polar surface area (TPSA) is 140 Å². The number of aromatic nitrogens is 1. The van der Waals surface area contributed by atoms with Crippen LogP contribution < -0.4 is 11.1 Å². The first-order valence-electron chi connectivity index (χ1n) is 8.74. The van der Waals surface area contributed by atoms with Gasteiger partial charge in [0.15, 0.2) is 10.8 Å². The van der Waals surface area contributed by atoms with Crippen LogP contribution in [0.4, 0.5) is 0 Å². The molecule has 1 fully saturated rings. The van der Waals surface area contributed by atoms with Crippen LogP contribution in [0.3, 0.4) is 0 Å². The van der Waals surface area contributed by atoms with Crippen LogP contribution in [0.25, 0.3) is 0 Å². The van der Waals surface area contributed by atoms with E-state index in [0.717, 1.165) is 4.31 Å². The van der Waals surface area contributed by atoms with Crippen LogP contribution in [-0.2, 0) is 24.4 Å². The molecule has 0 aliphatic carbocycles. The normalized spacial score (nSPS) is 19.9. The smallest absolute Gasteiger partial charge is 0.260 e. The van der Waals surface area contributed by atoms with Crippen LogP contribution in [-0.4, -0.2) is 54.4 Å². The van der Waals surface area contributed by atoms with Crippen LogP contribution in [0, 0.1) is 5.92 Å². The lowest BCUT2D eigenvalue weighted by Gasteiger charge is -2.19. The molecule has 2 rings (SSSR count). The molecular weight excluding hydrogens is 372 g/mol. The Morgan fingerprint density at radius 2 is 2.15 bits per heavy atom. The molecule has 10 heteroatoms. The van der Waals surface area contributed by atoms with E-state index >= 15 is 0 Å². The van der Waals surface area contributed by atoms with E-state index in [1.54, 1.807) is 19.1 Å². The predicted molar refractivity (Wildman–Crippen MR) is 96.8 cm³/mol. The van der Waals surface area contributed by atoms with Crippen LogP contribution in [0.1, 0.15) is 32.6 Å². The number of primary amides is 1. The van der Waals surface area contributed by atoms with Crippen molar-refractivity contribution in [1.29, 1.82) is 0 Å². The van der Waals surface area contributed by atoms with Crippen molar-refractivity contribution in [3.05, 3.63) is 24.4 Å². The molecular formula is C17H24N4O5S. The Bertz CT molecular complexity index is 797. The lowest BCUT2D eigenvalue weighted by Crippen LogP contribution is -2.44. The number of nitrogens with zero attached hydrogens (tertiary/aromatic N) is 2. The number of amides is 2. The molecule has 2 amide bonds. The maximum absolute atomic E-state index is 12.6. The Hall–Kier alpha value is -2.33. The Kier molecular flexibility index (Phi) is 7.03. The van der Waals surface area contributed by atoms with Crippen molar-refractivity contribution in [2.75, 3.05) is 13.1 Å². The third-order valence-corrected chi connectivity index (χ3v) is 6.25. The van der Waals surface area contributed by atoms with Crippen LogP contribution in [0.5, 0.6) is 0 Å². The fourth-order valence-corrected chi connectivity index (χ4v) is 4.12. The van der Waals surface area contributed by atoms with Gasteiger partial charge < -0.3 is 11.1 Å². The third-order valence-electron chi connectivity index (χ3n) is 4.49. The second-order valence-electron chi connectivity index (χ2n) is 6.58. The maximum Gasteiger partial charge on any atom is 0.260 e. The lowest BCUT2D eigenvalue weighted by molar-refractivity contribution is -0.128. The van der Waals surface area contributed by atoms with E-state index < -0.39 is 27.9 Å². The van der Waals surface area contributed by atoms with Gasteiger partial charge >= 0.3 is 0 Å². The minimum absolute atomic E-state index is 0.0732. The molecule has 0 aromatic carbocycles. The van der Waals surface area contributed by atoms with Crippen molar-refractivity contribution < 1.29 is 22.8 Å². The summed E-state index contributed by atoms with van der Waals surface area (Å²) in [6.07, 6.45) is 2.53. The molecule has 1 aliphatic heterocycles. The second kappa shape index (κ2) is 9.05. The van der Waals surface area contributed by atoms with E-state index in [1.165, 1.54) is 12.3 Å². The van der Waals surface area contributed by atoms with Crippen LogP contribution in [0.2, 0.25) is 0 Å². The summed E-state index contributed by atoms with van der Waals surface area (Å²) in [7, 11) is -3.86. The summed E-state index contributed by atoms with van der Waals surface area (Å²) < 4.78 is 26.4. The van der Waals surface area contributed by atoms with Gasteiger partial charge in [-0.2, -0.15) is 4.31 Å². The summed E-state index contributed by atoms with van der Waals surface area (Å²) in [5, 5.41) is 2.53. The van der Waals surface area contributed by atoms with E-state index in [9.17, 15) is 22.8 Å². The summed E-state index contributed by atoms with van der Waals surface area (Å²) >= 11 is 0. The summed E-state index contributed by atoms with van der Waals surface area (Å²) in [5.74, 6) is -1.64. The zero-order valence-corrected chi connectivity index (χ0v) is 15.9. The number of pyridine rings is 1. The molecule has 2 atom stereocenters. The number of hydrogen-bond acceptors (Lipinski definition) is 6. The van der Waals surface area contributed by atoms with Crippen molar-refractivity contribution in [3.63, 3.8) is 0 Å². The van der Waals surface area contributed by atoms with E-state index in [-0.39, 0.29) is 36.2 Å². The molecule has 0 spiro atoms. The van der Waals surface area contributed by atoms with E-state index in [0.29, 0.717) is 19.3 Å². The first kappa shape index (κ1) is 21.0. The molecule has 0 radical (unpaired) electrons. The maximum atomic E-state index is 12.6. The highest BCUT2D eigenvalue weighted by molar-refractivity contribution is 7.89. The molecule has 1 aliphatic rings. The molecule has 2 heterocycles. The number of carbonyl (C=O) groups excluding carboxylic acids is 3. The minimum Gasteiger partial charge on any atom is -0.369 e. The first-order valence-corrected chi connectivity index (χ1v) is 10.2. The quantitative estimate of drug-likeness (QED) is 0.655. The number of ketones is 1. The first-order chi connectivity index (χ1) is 12.7. The molecule has 27 heavy (non-hydrogen) atoms. The predicted octanol–water partition coefficient (Wildman–Crippen LogP) is -0.178. The molecule has 3 N–H and O–H groups in total. The average molecular weight is 396 g/mol. The molecule has 1 unspecified atom stereocenters. The van der Waals surface area contributed by atoms with Gasteiger partial charge in [-0.25, -0.2) is 13.4 Å². The number of Topliss-reactive ketones (excluding diaryl/α,β-unsaturated/α-hetero) is 1. The number of carbonyl (C=O) groups is 3. The molecule has 9 nitrogen and oxygen atoms in total. The number of nitrogens with one attached hydrogen (secondary N) is 1. The van der Waals surface area contributed by atoms with Gasteiger partial charge in [-0.05, 0) is 31.4 Å². The summed E-state index contributed by atoms with van der Waals surface area (Å²) in [6, 6.07) is 3.81. The van der Waals surface area contributed by atoms with Crippen LogP contribution in [0.15, 0.2) is 29.4 Å². The highest BCUT2D eigenvalue weighted by Gasteiger charge is 2.33. The lowest BCUT2D eigenvalue weighted by atomic mass is 10.0. The van der Waals surface area contributed by atoms with Crippen molar-refractivity contribution in [1.82, 2.24) is 14.6 Å². The summed E-state index contributed by atoms with van der Waals surface area (Å²) in [6.45, 7) is 1.49. The minimum atomic E-state index is -3.86. The van der Waals surface area contributed by atoms with E-state index in [1.807, 2.05) is 0 Å². The Labute approximate surface area is 158 Å². The van der Waals surface area contributed by atoms with Gasteiger partial charge in [0.1, 0.15) is 0 Å². The Morgan fingerprint density at radius 3 is 2.78 bits per heavy atom. The number of hydrogen-bond donors (Lipinski definition) is 2. The molecule has 1 aromatic rings. The van der Waals surface area contributed by atoms with E-state index in [4.69, 9.17) is 5.73 Å².